The van der Waals surface area contributed by atoms with Gasteiger partial charge in [-0.25, -0.2) is 4.98 Å². The zero-order chi connectivity index (χ0) is 14.6. The maximum atomic E-state index is 5.75. The standard InChI is InChI=1S/C15H13Br2N3S/c16-10-6-13(21-14(10)17)15-19-11-5-8(7-18)1-4-12(11)20(15)9-2-3-9/h1,4-6,9H,2-3,7,18H2. The minimum Gasteiger partial charge on any atom is -0.326 e. The van der Waals surface area contributed by atoms with Gasteiger partial charge in [-0.1, -0.05) is 6.07 Å². The Kier molecular flexibility index (Phi) is 3.45. The fourth-order valence-corrected chi connectivity index (χ4v) is 4.63. The molecule has 1 fully saturated rings. The van der Waals surface area contributed by atoms with Gasteiger partial charge in [-0.15, -0.1) is 11.3 Å². The first-order valence-electron chi connectivity index (χ1n) is 6.83. The third-order valence-corrected chi connectivity index (χ3v) is 7.02. The van der Waals surface area contributed by atoms with Gasteiger partial charge in [-0.3, -0.25) is 0 Å². The minimum atomic E-state index is 0.553. The van der Waals surface area contributed by atoms with Crippen LogP contribution in [0.25, 0.3) is 21.7 Å². The molecule has 0 radical (unpaired) electrons. The van der Waals surface area contributed by atoms with Crippen molar-refractivity contribution >= 4 is 54.2 Å². The van der Waals surface area contributed by atoms with Crippen LogP contribution in [-0.2, 0) is 6.54 Å². The van der Waals surface area contributed by atoms with Crippen LogP contribution in [0.2, 0.25) is 0 Å². The number of hydrogen-bond acceptors (Lipinski definition) is 3. The lowest BCUT2D eigenvalue weighted by molar-refractivity contribution is 0.776. The molecular weight excluding hydrogens is 414 g/mol. The number of hydrogen-bond donors (Lipinski definition) is 1. The summed E-state index contributed by atoms with van der Waals surface area (Å²) < 4.78 is 4.58. The third-order valence-electron chi connectivity index (χ3n) is 3.77. The van der Waals surface area contributed by atoms with Crippen molar-refractivity contribution in [2.75, 3.05) is 0 Å². The van der Waals surface area contributed by atoms with Gasteiger partial charge >= 0.3 is 0 Å². The van der Waals surface area contributed by atoms with Crippen molar-refractivity contribution in [3.8, 4) is 10.7 Å². The predicted molar refractivity (Wildman–Crippen MR) is 94.6 cm³/mol. The van der Waals surface area contributed by atoms with E-state index in [9.17, 15) is 0 Å². The molecule has 0 atom stereocenters. The summed E-state index contributed by atoms with van der Waals surface area (Å²) in [6, 6.07) is 9.10. The van der Waals surface area contributed by atoms with Crippen LogP contribution in [0.1, 0.15) is 24.4 Å². The van der Waals surface area contributed by atoms with Crippen molar-refractivity contribution in [3.63, 3.8) is 0 Å². The largest absolute Gasteiger partial charge is 0.326 e. The lowest BCUT2D eigenvalue weighted by Crippen LogP contribution is -1.97. The number of fused-ring (bicyclic) bond motifs is 1. The number of imidazole rings is 1. The molecule has 4 rings (SSSR count). The van der Waals surface area contributed by atoms with Crippen molar-refractivity contribution < 1.29 is 0 Å². The van der Waals surface area contributed by atoms with Gasteiger partial charge in [0.2, 0.25) is 0 Å². The highest BCUT2D eigenvalue weighted by atomic mass is 79.9. The Morgan fingerprint density at radius 3 is 2.71 bits per heavy atom. The molecule has 1 saturated carbocycles. The second-order valence-corrected chi connectivity index (χ2v) is 8.52. The van der Waals surface area contributed by atoms with Crippen LogP contribution in [0.3, 0.4) is 0 Å². The molecule has 0 aliphatic heterocycles. The van der Waals surface area contributed by atoms with E-state index >= 15 is 0 Å². The minimum absolute atomic E-state index is 0.553. The molecule has 2 N–H and O–H groups in total. The number of thiophene rings is 1. The SMILES string of the molecule is NCc1ccc2c(c1)nc(-c1cc(Br)c(Br)s1)n2C1CC1. The number of nitrogens with two attached hydrogens (primary N) is 1. The molecule has 2 heterocycles. The molecule has 1 aliphatic carbocycles. The van der Waals surface area contributed by atoms with Gasteiger partial charge in [0.05, 0.1) is 19.7 Å². The van der Waals surface area contributed by atoms with Crippen molar-refractivity contribution in [1.82, 2.24) is 9.55 Å². The van der Waals surface area contributed by atoms with Crippen LogP contribution >= 0.6 is 43.2 Å². The van der Waals surface area contributed by atoms with E-state index in [0.717, 1.165) is 25.2 Å². The molecule has 108 valence electrons. The average Bonchev–Trinajstić information content (AvgIpc) is 3.17. The van der Waals surface area contributed by atoms with E-state index in [1.807, 2.05) is 0 Å². The molecule has 1 aromatic carbocycles. The number of benzene rings is 1. The summed E-state index contributed by atoms with van der Waals surface area (Å²) in [5, 5.41) is 0. The Morgan fingerprint density at radius 1 is 1.29 bits per heavy atom. The van der Waals surface area contributed by atoms with Crippen molar-refractivity contribution in [2.45, 2.75) is 25.4 Å². The number of nitrogens with zero attached hydrogens (tertiary/aromatic N) is 2. The summed E-state index contributed by atoms with van der Waals surface area (Å²) in [4.78, 5) is 6.07. The molecule has 0 saturated heterocycles. The van der Waals surface area contributed by atoms with Crippen LogP contribution in [0.5, 0.6) is 0 Å². The normalized spacial score (nSPS) is 15.0. The molecular formula is C15H13Br2N3S. The van der Waals surface area contributed by atoms with E-state index in [2.05, 4.69) is 60.7 Å². The molecule has 21 heavy (non-hydrogen) atoms. The Hall–Kier alpha value is -0.690. The monoisotopic (exact) mass is 425 g/mol. The zero-order valence-corrected chi connectivity index (χ0v) is 15.1. The Bertz CT molecular complexity index is 813. The lowest BCUT2D eigenvalue weighted by Gasteiger charge is -2.06. The van der Waals surface area contributed by atoms with Gasteiger partial charge in [0.25, 0.3) is 0 Å². The summed E-state index contributed by atoms with van der Waals surface area (Å²) in [7, 11) is 0. The Labute approximate surface area is 143 Å². The summed E-state index contributed by atoms with van der Waals surface area (Å²) in [6.45, 7) is 0.553. The van der Waals surface area contributed by atoms with E-state index in [-0.39, 0.29) is 0 Å². The fraction of sp³-hybridized carbons (Fsp3) is 0.267. The zero-order valence-electron chi connectivity index (χ0n) is 11.1. The van der Waals surface area contributed by atoms with Gasteiger partial charge in [-0.2, -0.15) is 0 Å². The van der Waals surface area contributed by atoms with E-state index in [0.29, 0.717) is 12.6 Å². The van der Waals surface area contributed by atoms with Gasteiger partial charge in [0.15, 0.2) is 5.82 Å². The smallest absolute Gasteiger partial charge is 0.151 e. The van der Waals surface area contributed by atoms with Gasteiger partial charge in [0, 0.05) is 17.1 Å². The Balaban J connectivity index is 1.96. The molecule has 0 amide bonds. The number of rotatable bonds is 3. The fourth-order valence-electron chi connectivity index (χ4n) is 2.60. The first-order chi connectivity index (χ1) is 10.2. The van der Waals surface area contributed by atoms with Crippen LogP contribution in [0.15, 0.2) is 32.5 Å². The van der Waals surface area contributed by atoms with Crippen LogP contribution in [0.4, 0.5) is 0 Å². The maximum Gasteiger partial charge on any atom is 0.151 e. The van der Waals surface area contributed by atoms with Gasteiger partial charge < -0.3 is 10.3 Å². The number of aromatic nitrogens is 2. The maximum absolute atomic E-state index is 5.75. The molecule has 0 spiro atoms. The van der Waals surface area contributed by atoms with Crippen LogP contribution < -0.4 is 5.73 Å². The van der Waals surface area contributed by atoms with Crippen molar-refractivity contribution in [1.29, 1.82) is 0 Å². The van der Waals surface area contributed by atoms with E-state index in [4.69, 9.17) is 10.7 Å². The van der Waals surface area contributed by atoms with E-state index in [1.165, 1.54) is 23.2 Å². The molecule has 1 aliphatic rings. The first kappa shape index (κ1) is 13.9. The van der Waals surface area contributed by atoms with Crippen molar-refractivity contribution in [2.24, 2.45) is 5.73 Å². The predicted octanol–water partition coefficient (Wildman–Crippen LogP) is 5.08. The molecule has 2 aromatic heterocycles. The number of halogens is 2. The van der Waals surface area contributed by atoms with Gasteiger partial charge in [0.1, 0.15) is 0 Å². The first-order valence-corrected chi connectivity index (χ1v) is 9.24. The summed E-state index contributed by atoms with van der Waals surface area (Å²) >= 11 is 8.86. The highest BCUT2D eigenvalue weighted by Crippen LogP contribution is 2.44. The Morgan fingerprint density at radius 2 is 2.10 bits per heavy atom. The van der Waals surface area contributed by atoms with Crippen LogP contribution in [-0.4, -0.2) is 9.55 Å². The second kappa shape index (κ2) is 5.19. The molecule has 3 aromatic rings. The average molecular weight is 427 g/mol. The summed E-state index contributed by atoms with van der Waals surface area (Å²) in [5.41, 5.74) is 9.13. The molecule has 3 nitrogen and oxygen atoms in total. The second-order valence-electron chi connectivity index (χ2n) is 5.30. The van der Waals surface area contributed by atoms with E-state index in [1.54, 1.807) is 11.3 Å². The van der Waals surface area contributed by atoms with Crippen LogP contribution in [0, 0.1) is 0 Å². The van der Waals surface area contributed by atoms with E-state index < -0.39 is 0 Å². The van der Waals surface area contributed by atoms with Crippen molar-refractivity contribution in [3.05, 3.63) is 38.1 Å². The highest BCUT2D eigenvalue weighted by molar-refractivity contribution is 9.13. The molecule has 6 heteroatoms. The lowest BCUT2D eigenvalue weighted by atomic mass is 10.2. The molecule has 0 bridgehead atoms. The summed E-state index contributed by atoms with van der Waals surface area (Å²) in [5.74, 6) is 1.07. The quantitative estimate of drug-likeness (QED) is 0.634. The molecule has 0 unspecified atom stereocenters. The highest BCUT2D eigenvalue weighted by Gasteiger charge is 2.29. The topological polar surface area (TPSA) is 43.8 Å². The summed E-state index contributed by atoms with van der Waals surface area (Å²) in [6.07, 6.45) is 2.48. The van der Waals surface area contributed by atoms with Gasteiger partial charge in [-0.05, 0) is 68.5 Å². The third kappa shape index (κ3) is 2.38.